The van der Waals surface area contributed by atoms with Gasteiger partial charge in [-0.3, -0.25) is 4.99 Å². The lowest BCUT2D eigenvalue weighted by Crippen LogP contribution is -1.87. The minimum Gasteiger partial charge on any atom is -0.471 e. The average Bonchev–Trinajstić information content (AvgIpc) is 2.31. The molecule has 0 radical (unpaired) electrons. The summed E-state index contributed by atoms with van der Waals surface area (Å²) in [5.41, 5.74) is 0. The van der Waals surface area contributed by atoms with Crippen molar-refractivity contribution in [3.05, 3.63) is 47.2 Å². The number of allylic oxidation sites excluding steroid dienone is 6. The molecular formula is C14H22BrNO. The summed E-state index contributed by atoms with van der Waals surface area (Å²) in [7, 11) is 0. The van der Waals surface area contributed by atoms with Gasteiger partial charge < -0.3 is 4.74 Å². The summed E-state index contributed by atoms with van der Waals surface area (Å²) in [5.74, 6) is 0.682. The van der Waals surface area contributed by atoms with E-state index in [0.29, 0.717) is 5.76 Å². The molecule has 0 aliphatic rings. The van der Waals surface area contributed by atoms with Crippen molar-refractivity contribution in [3.63, 3.8) is 0 Å². The van der Waals surface area contributed by atoms with Gasteiger partial charge in [-0.05, 0) is 49.7 Å². The fourth-order valence-corrected chi connectivity index (χ4v) is 0.860. The molecule has 0 aromatic carbocycles. The molecule has 0 fully saturated rings. The maximum atomic E-state index is 5.14. The van der Waals surface area contributed by atoms with Crippen molar-refractivity contribution in [3.8, 4) is 0 Å². The summed E-state index contributed by atoms with van der Waals surface area (Å²) >= 11 is 3.29. The van der Waals surface area contributed by atoms with Crippen LogP contribution in [0.4, 0.5) is 0 Å². The highest BCUT2D eigenvalue weighted by molar-refractivity contribution is 9.11. The van der Waals surface area contributed by atoms with Crippen molar-refractivity contribution >= 4 is 22.6 Å². The summed E-state index contributed by atoms with van der Waals surface area (Å²) in [6.45, 7) is 13.2. The summed E-state index contributed by atoms with van der Waals surface area (Å²) in [6, 6.07) is 0. The molecule has 2 nitrogen and oxygen atoms in total. The van der Waals surface area contributed by atoms with E-state index in [0.717, 1.165) is 10.9 Å². The van der Waals surface area contributed by atoms with Crippen LogP contribution in [0.1, 0.15) is 27.2 Å². The van der Waals surface area contributed by atoms with Crippen molar-refractivity contribution in [1.82, 2.24) is 0 Å². The van der Waals surface area contributed by atoms with Crippen molar-refractivity contribution in [1.29, 1.82) is 0 Å². The number of ether oxygens (including phenoxy) is 1. The van der Waals surface area contributed by atoms with E-state index < -0.39 is 0 Å². The van der Waals surface area contributed by atoms with Gasteiger partial charge in [-0.15, -0.1) is 0 Å². The molecule has 17 heavy (non-hydrogen) atoms. The fourth-order valence-electron chi connectivity index (χ4n) is 0.728. The Balaban J connectivity index is 0. The van der Waals surface area contributed by atoms with Gasteiger partial charge in [0.05, 0.1) is 0 Å². The van der Waals surface area contributed by atoms with E-state index in [1.807, 2.05) is 26.0 Å². The first-order chi connectivity index (χ1) is 8.12. The first-order valence-electron chi connectivity index (χ1n) is 5.45. The minimum atomic E-state index is 0.257. The highest BCUT2D eigenvalue weighted by atomic mass is 79.9. The van der Waals surface area contributed by atoms with Gasteiger partial charge in [0.25, 0.3) is 0 Å². The Morgan fingerprint density at radius 1 is 1.41 bits per heavy atom. The maximum Gasteiger partial charge on any atom is 0.178 e. The molecule has 0 rings (SSSR count). The Kier molecular flexibility index (Phi) is 16.0. The zero-order valence-corrected chi connectivity index (χ0v) is 12.5. The lowest BCUT2D eigenvalue weighted by molar-refractivity contribution is 0.236. The van der Waals surface area contributed by atoms with Crippen LogP contribution in [0.5, 0.6) is 0 Å². The van der Waals surface area contributed by atoms with Gasteiger partial charge >= 0.3 is 0 Å². The smallest absolute Gasteiger partial charge is 0.178 e. The minimum absolute atomic E-state index is 0.257. The van der Waals surface area contributed by atoms with E-state index in [2.05, 4.69) is 53.3 Å². The van der Waals surface area contributed by atoms with Crippen LogP contribution in [0.2, 0.25) is 0 Å². The Morgan fingerprint density at radius 2 is 2.06 bits per heavy atom. The first-order valence-corrected chi connectivity index (χ1v) is 6.24. The van der Waals surface area contributed by atoms with E-state index >= 15 is 0 Å². The van der Waals surface area contributed by atoms with E-state index in [9.17, 15) is 0 Å². The molecule has 0 aromatic heterocycles. The van der Waals surface area contributed by atoms with Gasteiger partial charge in [0.1, 0.15) is 5.76 Å². The molecule has 0 saturated carbocycles. The van der Waals surface area contributed by atoms with Crippen LogP contribution in [0.15, 0.2) is 52.2 Å². The number of halogens is 1. The molecule has 0 saturated heterocycles. The molecule has 3 heteroatoms. The van der Waals surface area contributed by atoms with Crippen LogP contribution >= 0.6 is 15.9 Å². The van der Waals surface area contributed by atoms with Gasteiger partial charge in [-0.1, -0.05) is 41.6 Å². The molecule has 96 valence electrons. The molecule has 0 spiro atoms. The zero-order chi connectivity index (χ0) is 13.5. The maximum absolute atomic E-state index is 5.14. The highest BCUT2D eigenvalue weighted by Gasteiger charge is 1.87. The standard InChI is InChI=1S/C9H12BrNO.C5H10/c1-4-9(12-7-11-3)6-5-8(2)10;1-3-5-4-2/h4-6H,1,3,7H2,2H3;3,5H,4H2,1-2H3/b8-5+,9-6+;5-3-. The molecule has 0 N–H and O–H groups in total. The van der Waals surface area contributed by atoms with E-state index in [1.165, 1.54) is 0 Å². The predicted molar refractivity (Wildman–Crippen MR) is 81.6 cm³/mol. The van der Waals surface area contributed by atoms with Crippen LogP contribution in [0.25, 0.3) is 0 Å². The summed E-state index contributed by atoms with van der Waals surface area (Å²) in [5, 5.41) is 0. The van der Waals surface area contributed by atoms with Crippen LogP contribution in [-0.2, 0) is 4.74 Å². The molecule has 0 heterocycles. The predicted octanol–water partition coefficient (Wildman–Crippen LogP) is 5.00. The second kappa shape index (κ2) is 14.9. The van der Waals surface area contributed by atoms with Crippen LogP contribution in [-0.4, -0.2) is 13.4 Å². The molecule has 0 aliphatic heterocycles. The Hall–Kier alpha value is -1.09. The van der Waals surface area contributed by atoms with Gasteiger partial charge in [0.15, 0.2) is 6.73 Å². The molecule has 0 unspecified atom stereocenters. The van der Waals surface area contributed by atoms with E-state index in [-0.39, 0.29) is 6.73 Å². The lowest BCUT2D eigenvalue weighted by atomic mass is 10.4. The van der Waals surface area contributed by atoms with E-state index in [1.54, 1.807) is 6.08 Å². The monoisotopic (exact) mass is 299 g/mol. The third kappa shape index (κ3) is 17.5. The van der Waals surface area contributed by atoms with Gasteiger partial charge in [0.2, 0.25) is 0 Å². The third-order valence-electron chi connectivity index (χ3n) is 1.47. The average molecular weight is 300 g/mol. The molecule has 0 atom stereocenters. The van der Waals surface area contributed by atoms with Gasteiger partial charge in [-0.2, -0.15) is 0 Å². The normalized spacial score (nSPS) is 11.8. The van der Waals surface area contributed by atoms with Crippen LogP contribution < -0.4 is 0 Å². The summed E-state index contributed by atoms with van der Waals surface area (Å²) in [6.07, 6.45) is 10.6. The van der Waals surface area contributed by atoms with Gasteiger partial charge in [-0.25, -0.2) is 0 Å². The quantitative estimate of drug-likeness (QED) is 0.293. The molecular weight excluding hydrogens is 278 g/mol. The molecule has 0 bridgehead atoms. The highest BCUT2D eigenvalue weighted by Crippen LogP contribution is 2.05. The number of rotatable bonds is 6. The van der Waals surface area contributed by atoms with E-state index in [4.69, 9.17) is 4.74 Å². The van der Waals surface area contributed by atoms with Crippen molar-refractivity contribution in [2.45, 2.75) is 27.2 Å². The molecule has 0 aliphatic carbocycles. The number of hydrogen-bond acceptors (Lipinski definition) is 2. The van der Waals surface area contributed by atoms with Crippen molar-refractivity contribution in [2.24, 2.45) is 4.99 Å². The van der Waals surface area contributed by atoms with Crippen LogP contribution in [0, 0.1) is 0 Å². The number of nitrogens with zero attached hydrogens (tertiary/aromatic N) is 1. The van der Waals surface area contributed by atoms with Crippen LogP contribution in [0.3, 0.4) is 0 Å². The third-order valence-corrected chi connectivity index (χ3v) is 1.74. The largest absolute Gasteiger partial charge is 0.471 e. The number of aliphatic imine (C=N–C) groups is 1. The SMILES string of the molecule is C/C=C\CC.C=C/C(=C\C=C(/C)Br)OCN=C. The summed E-state index contributed by atoms with van der Waals surface area (Å²) < 4.78 is 6.16. The first kappa shape index (κ1) is 18.3. The van der Waals surface area contributed by atoms with Gasteiger partial charge in [0, 0.05) is 0 Å². The molecule has 0 aromatic rings. The second-order valence-electron chi connectivity index (χ2n) is 3.00. The fraction of sp³-hybridized carbons (Fsp3) is 0.357. The summed E-state index contributed by atoms with van der Waals surface area (Å²) in [4.78, 5) is 3.56. The second-order valence-corrected chi connectivity index (χ2v) is 4.25. The Bertz CT molecular complexity index is 287. The Morgan fingerprint density at radius 3 is 2.35 bits per heavy atom. The Labute approximate surface area is 114 Å². The van der Waals surface area contributed by atoms with Crippen molar-refractivity contribution < 1.29 is 4.74 Å². The number of hydrogen-bond donors (Lipinski definition) is 0. The molecule has 0 amide bonds. The lowest BCUT2D eigenvalue weighted by Gasteiger charge is -2.00. The topological polar surface area (TPSA) is 21.6 Å². The zero-order valence-electron chi connectivity index (χ0n) is 10.9. The van der Waals surface area contributed by atoms with Crippen molar-refractivity contribution in [2.75, 3.05) is 6.73 Å².